The van der Waals surface area contributed by atoms with Gasteiger partial charge in [-0.25, -0.2) is 9.37 Å². The van der Waals surface area contributed by atoms with Crippen LogP contribution in [0.2, 0.25) is 0 Å². The maximum atomic E-state index is 13.7. The van der Waals surface area contributed by atoms with Crippen molar-refractivity contribution in [3.05, 3.63) is 58.0 Å². The quantitative estimate of drug-likeness (QED) is 0.635. The number of rotatable bonds is 3. The number of piperazine rings is 1. The van der Waals surface area contributed by atoms with Crippen LogP contribution in [-0.2, 0) is 0 Å². The second-order valence-corrected chi connectivity index (χ2v) is 5.35. The standard InChI is InChI=1S/C16H14FN5O2/c17-14-2-1-3-15(13(14)10-18)20-6-8-21(9-7-20)16-5-4-12(11-19-16)22(23)24/h1-5,11H,6-9H2. The van der Waals surface area contributed by atoms with Gasteiger partial charge in [-0.05, 0) is 18.2 Å². The summed E-state index contributed by atoms with van der Waals surface area (Å²) in [6.45, 7) is 2.48. The second-order valence-electron chi connectivity index (χ2n) is 5.35. The number of benzene rings is 1. The van der Waals surface area contributed by atoms with E-state index in [4.69, 9.17) is 5.26 Å². The molecule has 0 spiro atoms. The van der Waals surface area contributed by atoms with Crippen molar-refractivity contribution in [3.8, 4) is 6.07 Å². The molecule has 0 atom stereocenters. The first-order valence-corrected chi connectivity index (χ1v) is 7.39. The zero-order chi connectivity index (χ0) is 17.1. The number of nitriles is 1. The van der Waals surface area contributed by atoms with E-state index in [-0.39, 0.29) is 11.3 Å². The summed E-state index contributed by atoms with van der Waals surface area (Å²) in [4.78, 5) is 18.3. The van der Waals surface area contributed by atoms with Crippen LogP contribution in [-0.4, -0.2) is 36.1 Å². The van der Waals surface area contributed by atoms with E-state index >= 15 is 0 Å². The molecule has 122 valence electrons. The number of hydrogen-bond acceptors (Lipinski definition) is 6. The fraction of sp³-hybridized carbons (Fsp3) is 0.250. The Hall–Kier alpha value is -3.21. The molecule has 0 amide bonds. The predicted octanol–water partition coefficient (Wildman–Crippen LogP) is 2.33. The summed E-state index contributed by atoms with van der Waals surface area (Å²) >= 11 is 0. The Bertz CT molecular complexity index is 795. The third-order valence-corrected chi connectivity index (χ3v) is 3.99. The van der Waals surface area contributed by atoms with Gasteiger partial charge >= 0.3 is 0 Å². The molecule has 7 nitrogen and oxygen atoms in total. The number of aromatic nitrogens is 1. The highest BCUT2D eigenvalue weighted by atomic mass is 19.1. The van der Waals surface area contributed by atoms with Gasteiger partial charge in [0.05, 0.1) is 10.6 Å². The fourth-order valence-corrected chi connectivity index (χ4v) is 2.74. The van der Waals surface area contributed by atoms with E-state index in [0.717, 1.165) is 0 Å². The van der Waals surface area contributed by atoms with Crippen LogP contribution in [0.5, 0.6) is 0 Å². The van der Waals surface area contributed by atoms with Gasteiger partial charge in [0.25, 0.3) is 5.69 Å². The summed E-state index contributed by atoms with van der Waals surface area (Å²) in [5.74, 6) is 0.148. The monoisotopic (exact) mass is 327 g/mol. The summed E-state index contributed by atoms with van der Waals surface area (Å²) in [6.07, 6.45) is 1.24. The highest BCUT2D eigenvalue weighted by Gasteiger charge is 2.21. The Morgan fingerprint density at radius 1 is 1.17 bits per heavy atom. The van der Waals surface area contributed by atoms with Crippen molar-refractivity contribution >= 4 is 17.2 Å². The first-order valence-electron chi connectivity index (χ1n) is 7.39. The van der Waals surface area contributed by atoms with Gasteiger partial charge in [0.1, 0.15) is 29.5 Å². The molecule has 2 aromatic rings. The first-order chi connectivity index (χ1) is 11.6. The Morgan fingerprint density at radius 2 is 1.88 bits per heavy atom. The molecule has 0 N–H and O–H groups in total. The molecule has 0 unspecified atom stereocenters. The minimum atomic E-state index is -0.519. The van der Waals surface area contributed by atoms with Crippen molar-refractivity contribution in [2.75, 3.05) is 36.0 Å². The normalized spacial score (nSPS) is 14.3. The Balaban J connectivity index is 1.71. The van der Waals surface area contributed by atoms with Crippen molar-refractivity contribution in [2.45, 2.75) is 0 Å². The molecule has 0 bridgehead atoms. The van der Waals surface area contributed by atoms with Gasteiger partial charge in [-0.2, -0.15) is 5.26 Å². The molecule has 0 radical (unpaired) electrons. The summed E-state index contributed by atoms with van der Waals surface area (Å²) < 4.78 is 13.7. The summed E-state index contributed by atoms with van der Waals surface area (Å²) in [5, 5.41) is 19.8. The van der Waals surface area contributed by atoms with Crippen LogP contribution in [0, 0.1) is 27.3 Å². The van der Waals surface area contributed by atoms with Crippen molar-refractivity contribution in [1.29, 1.82) is 5.26 Å². The van der Waals surface area contributed by atoms with Gasteiger partial charge in [-0.3, -0.25) is 10.1 Å². The number of anilines is 2. The Morgan fingerprint density at radius 3 is 2.46 bits per heavy atom. The zero-order valence-corrected chi connectivity index (χ0v) is 12.7. The van der Waals surface area contributed by atoms with Crippen LogP contribution in [0.3, 0.4) is 0 Å². The molecule has 8 heteroatoms. The third kappa shape index (κ3) is 2.96. The first kappa shape index (κ1) is 15.7. The largest absolute Gasteiger partial charge is 0.367 e. The van der Waals surface area contributed by atoms with E-state index in [2.05, 4.69) is 4.98 Å². The number of pyridine rings is 1. The zero-order valence-electron chi connectivity index (χ0n) is 12.7. The van der Waals surface area contributed by atoms with E-state index < -0.39 is 10.7 Å². The summed E-state index contributed by atoms with van der Waals surface area (Å²) in [5.41, 5.74) is 0.601. The highest BCUT2D eigenvalue weighted by molar-refractivity contribution is 5.61. The van der Waals surface area contributed by atoms with Gasteiger partial charge in [0.2, 0.25) is 0 Å². The molecule has 24 heavy (non-hydrogen) atoms. The molecule has 1 aliphatic rings. The van der Waals surface area contributed by atoms with Crippen molar-refractivity contribution < 1.29 is 9.31 Å². The highest BCUT2D eigenvalue weighted by Crippen LogP contribution is 2.25. The molecule has 1 aliphatic heterocycles. The third-order valence-electron chi connectivity index (χ3n) is 3.99. The second kappa shape index (κ2) is 6.50. The van der Waals surface area contributed by atoms with E-state index in [9.17, 15) is 14.5 Å². The number of nitrogens with zero attached hydrogens (tertiary/aromatic N) is 5. The molecule has 1 aromatic heterocycles. The molecule has 2 heterocycles. The van der Waals surface area contributed by atoms with E-state index in [1.807, 2.05) is 15.9 Å². The lowest BCUT2D eigenvalue weighted by atomic mass is 10.1. The van der Waals surface area contributed by atoms with Gasteiger partial charge in [0.15, 0.2) is 0 Å². The van der Waals surface area contributed by atoms with Gasteiger partial charge in [-0.1, -0.05) is 6.07 Å². The lowest BCUT2D eigenvalue weighted by Crippen LogP contribution is -2.47. The van der Waals surface area contributed by atoms with Gasteiger partial charge < -0.3 is 9.80 Å². The molecule has 1 aromatic carbocycles. The topological polar surface area (TPSA) is 86.3 Å². The smallest absolute Gasteiger partial charge is 0.287 e. The summed E-state index contributed by atoms with van der Waals surface area (Å²) in [7, 11) is 0. The van der Waals surface area contributed by atoms with E-state index in [1.54, 1.807) is 18.2 Å². The van der Waals surface area contributed by atoms with Crippen molar-refractivity contribution in [3.63, 3.8) is 0 Å². The van der Waals surface area contributed by atoms with Crippen LogP contribution in [0.15, 0.2) is 36.5 Å². The summed E-state index contributed by atoms with van der Waals surface area (Å²) in [6, 6.07) is 9.57. The molecular formula is C16H14FN5O2. The average Bonchev–Trinajstić information content (AvgIpc) is 2.62. The lowest BCUT2D eigenvalue weighted by Gasteiger charge is -2.37. The van der Waals surface area contributed by atoms with Crippen molar-refractivity contribution in [1.82, 2.24) is 4.98 Å². The van der Waals surface area contributed by atoms with Gasteiger partial charge in [0, 0.05) is 32.2 Å². The lowest BCUT2D eigenvalue weighted by molar-refractivity contribution is -0.385. The number of halogens is 1. The van der Waals surface area contributed by atoms with Crippen LogP contribution < -0.4 is 9.80 Å². The van der Waals surface area contributed by atoms with Crippen LogP contribution in [0.1, 0.15) is 5.56 Å². The molecule has 0 aliphatic carbocycles. The Labute approximate surface area is 137 Å². The van der Waals surface area contributed by atoms with Crippen LogP contribution in [0.25, 0.3) is 0 Å². The van der Waals surface area contributed by atoms with Gasteiger partial charge in [-0.15, -0.1) is 0 Å². The molecule has 3 rings (SSSR count). The number of nitro groups is 1. The van der Waals surface area contributed by atoms with E-state index in [0.29, 0.717) is 37.7 Å². The van der Waals surface area contributed by atoms with Crippen LogP contribution >= 0.6 is 0 Å². The molecule has 1 fully saturated rings. The average molecular weight is 327 g/mol. The molecule has 0 saturated carbocycles. The maximum absolute atomic E-state index is 13.7. The Kier molecular flexibility index (Phi) is 4.24. The fourth-order valence-electron chi connectivity index (χ4n) is 2.74. The van der Waals surface area contributed by atoms with Crippen LogP contribution in [0.4, 0.5) is 21.6 Å². The predicted molar refractivity (Wildman–Crippen MR) is 86.4 cm³/mol. The minimum absolute atomic E-state index is 0.0455. The minimum Gasteiger partial charge on any atom is -0.367 e. The van der Waals surface area contributed by atoms with Crippen molar-refractivity contribution in [2.24, 2.45) is 0 Å². The van der Waals surface area contributed by atoms with E-state index in [1.165, 1.54) is 18.3 Å². The number of hydrogen-bond donors (Lipinski definition) is 0. The SMILES string of the molecule is N#Cc1c(F)cccc1N1CCN(c2ccc([N+](=O)[O-])cn2)CC1. The maximum Gasteiger partial charge on any atom is 0.287 e. The molecular weight excluding hydrogens is 313 g/mol. The molecule has 1 saturated heterocycles.